The Morgan fingerprint density at radius 1 is 0.952 bits per heavy atom. The molecule has 3 rings (SSSR count). The molecule has 0 fully saturated rings. The van der Waals surface area contributed by atoms with E-state index in [1.165, 1.54) is 12.1 Å². The van der Waals surface area contributed by atoms with Gasteiger partial charge in [-0.1, -0.05) is 12.1 Å². The van der Waals surface area contributed by atoms with E-state index < -0.39 is 5.82 Å². The molecule has 0 unspecified atom stereocenters. The number of aromatic hydroxyl groups is 1. The second-order valence-corrected chi connectivity index (χ2v) is 4.55. The van der Waals surface area contributed by atoms with Gasteiger partial charge in [-0.25, -0.2) is 4.39 Å². The van der Waals surface area contributed by atoms with E-state index in [0.717, 1.165) is 16.8 Å². The Bertz CT molecular complexity index is 868. The van der Waals surface area contributed by atoms with Crippen molar-refractivity contribution in [1.29, 1.82) is 5.26 Å². The molecule has 3 aromatic carbocycles. The zero-order valence-electron chi connectivity index (χ0n) is 10.9. The fourth-order valence-corrected chi connectivity index (χ4v) is 2.08. The summed E-state index contributed by atoms with van der Waals surface area (Å²) < 4.78 is 18.7. The Hall–Kier alpha value is -3.06. The Kier molecular flexibility index (Phi) is 3.17. The van der Waals surface area contributed by atoms with Crippen LogP contribution in [0.1, 0.15) is 5.56 Å². The smallest absolute Gasteiger partial charge is 0.145 e. The van der Waals surface area contributed by atoms with Crippen LogP contribution >= 0.6 is 0 Å². The van der Waals surface area contributed by atoms with Crippen LogP contribution in [0.15, 0.2) is 54.6 Å². The van der Waals surface area contributed by atoms with Gasteiger partial charge in [-0.3, -0.25) is 0 Å². The quantitative estimate of drug-likeness (QED) is 0.758. The fourth-order valence-electron chi connectivity index (χ4n) is 2.08. The third kappa shape index (κ3) is 2.63. The van der Waals surface area contributed by atoms with Gasteiger partial charge in [0.05, 0.1) is 5.56 Å². The summed E-state index contributed by atoms with van der Waals surface area (Å²) in [5.41, 5.74) is 0.140. The number of fused-ring (bicyclic) bond motifs is 1. The molecule has 0 aliphatic rings. The number of rotatable bonds is 2. The van der Waals surface area contributed by atoms with Crippen molar-refractivity contribution in [3.63, 3.8) is 0 Å². The van der Waals surface area contributed by atoms with Crippen LogP contribution in [-0.2, 0) is 0 Å². The van der Waals surface area contributed by atoms with Gasteiger partial charge in [0.25, 0.3) is 0 Å². The van der Waals surface area contributed by atoms with Crippen molar-refractivity contribution >= 4 is 10.8 Å². The lowest BCUT2D eigenvalue weighted by Crippen LogP contribution is -1.89. The minimum absolute atomic E-state index is 0.140. The summed E-state index contributed by atoms with van der Waals surface area (Å²) in [6.07, 6.45) is 0. The Labute approximate surface area is 120 Å². The largest absolute Gasteiger partial charge is 0.508 e. The third-order valence-electron chi connectivity index (χ3n) is 3.09. The van der Waals surface area contributed by atoms with Gasteiger partial charge in [-0.05, 0) is 53.2 Å². The SMILES string of the molecule is N#Cc1cc(F)ccc1Oc1ccc2cc(O)ccc2c1. The van der Waals surface area contributed by atoms with Crippen LogP contribution in [0.2, 0.25) is 0 Å². The average molecular weight is 279 g/mol. The second-order valence-electron chi connectivity index (χ2n) is 4.55. The Balaban J connectivity index is 1.99. The number of hydrogen-bond acceptors (Lipinski definition) is 3. The van der Waals surface area contributed by atoms with Crippen molar-refractivity contribution in [2.75, 3.05) is 0 Å². The molecule has 0 aromatic heterocycles. The molecule has 3 aromatic rings. The molecule has 0 heterocycles. The lowest BCUT2D eigenvalue weighted by Gasteiger charge is -2.08. The maximum atomic E-state index is 13.1. The van der Waals surface area contributed by atoms with Gasteiger partial charge in [-0.2, -0.15) is 5.26 Å². The molecule has 0 bridgehead atoms. The molecule has 21 heavy (non-hydrogen) atoms. The van der Waals surface area contributed by atoms with Crippen LogP contribution in [0, 0.1) is 17.1 Å². The standard InChI is InChI=1S/C17H10FNO2/c18-14-3-6-17(13(7-14)10-19)21-16-5-2-11-8-15(20)4-1-12(11)9-16/h1-9,20H. The molecule has 0 aliphatic heterocycles. The monoisotopic (exact) mass is 279 g/mol. The lowest BCUT2D eigenvalue weighted by molar-refractivity contribution is 0.475. The van der Waals surface area contributed by atoms with E-state index in [1.807, 2.05) is 6.07 Å². The predicted molar refractivity (Wildman–Crippen MR) is 76.8 cm³/mol. The van der Waals surface area contributed by atoms with Crippen molar-refractivity contribution in [2.45, 2.75) is 0 Å². The number of ether oxygens (including phenoxy) is 1. The maximum absolute atomic E-state index is 13.1. The van der Waals surface area contributed by atoms with Crippen LogP contribution in [0.3, 0.4) is 0 Å². The number of hydrogen-bond donors (Lipinski definition) is 1. The van der Waals surface area contributed by atoms with Crippen molar-refractivity contribution in [2.24, 2.45) is 0 Å². The number of nitriles is 1. The van der Waals surface area contributed by atoms with Gasteiger partial charge in [0.2, 0.25) is 0 Å². The first-order valence-electron chi connectivity index (χ1n) is 6.26. The Morgan fingerprint density at radius 2 is 1.71 bits per heavy atom. The molecular weight excluding hydrogens is 269 g/mol. The summed E-state index contributed by atoms with van der Waals surface area (Å²) in [6, 6.07) is 16.0. The summed E-state index contributed by atoms with van der Waals surface area (Å²) >= 11 is 0. The average Bonchev–Trinajstić information content (AvgIpc) is 2.49. The van der Waals surface area contributed by atoms with Crippen LogP contribution < -0.4 is 4.74 Å². The topological polar surface area (TPSA) is 53.2 Å². The van der Waals surface area contributed by atoms with E-state index in [2.05, 4.69) is 0 Å². The van der Waals surface area contributed by atoms with Gasteiger partial charge < -0.3 is 9.84 Å². The van der Waals surface area contributed by atoms with Crippen LogP contribution in [0.5, 0.6) is 17.2 Å². The molecule has 3 nitrogen and oxygen atoms in total. The highest BCUT2D eigenvalue weighted by Gasteiger charge is 2.07. The van der Waals surface area contributed by atoms with Crippen LogP contribution in [0.25, 0.3) is 10.8 Å². The number of phenolic OH excluding ortho intramolecular Hbond substituents is 1. The molecule has 0 atom stereocenters. The molecule has 1 N–H and O–H groups in total. The minimum Gasteiger partial charge on any atom is -0.508 e. The molecule has 4 heteroatoms. The molecule has 0 amide bonds. The van der Waals surface area contributed by atoms with E-state index in [-0.39, 0.29) is 11.3 Å². The zero-order chi connectivity index (χ0) is 14.8. The normalized spacial score (nSPS) is 10.3. The highest BCUT2D eigenvalue weighted by atomic mass is 19.1. The Morgan fingerprint density at radius 3 is 2.52 bits per heavy atom. The third-order valence-corrected chi connectivity index (χ3v) is 3.09. The number of phenols is 1. The van der Waals surface area contributed by atoms with Crippen molar-refractivity contribution in [3.05, 3.63) is 66.0 Å². The van der Waals surface area contributed by atoms with E-state index in [1.54, 1.807) is 36.4 Å². The maximum Gasteiger partial charge on any atom is 0.145 e. The van der Waals surface area contributed by atoms with Crippen LogP contribution in [-0.4, -0.2) is 5.11 Å². The van der Waals surface area contributed by atoms with E-state index in [9.17, 15) is 9.50 Å². The van der Waals surface area contributed by atoms with E-state index in [0.29, 0.717) is 11.5 Å². The number of halogens is 1. The first kappa shape index (κ1) is 12.9. The highest BCUT2D eigenvalue weighted by molar-refractivity contribution is 5.85. The van der Waals surface area contributed by atoms with Crippen molar-refractivity contribution in [1.82, 2.24) is 0 Å². The first-order chi connectivity index (χ1) is 10.2. The van der Waals surface area contributed by atoms with Gasteiger partial charge in [0, 0.05) is 0 Å². The van der Waals surface area contributed by atoms with E-state index >= 15 is 0 Å². The van der Waals surface area contributed by atoms with Crippen LogP contribution in [0.4, 0.5) is 4.39 Å². The summed E-state index contributed by atoms with van der Waals surface area (Å²) in [5, 5.41) is 20.2. The molecule has 0 aliphatic carbocycles. The zero-order valence-corrected chi connectivity index (χ0v) is 10.9. The minimum atomic E-state index is -0.479. The van der Waals surface area contributed by atoms with Gasteiger partial charge in [0.1, 0.15) is 29.1 Å². The van der Waals surface area contributed by atoms with Gasteiger partial charge in [-0.15, -0.1) is 0 Å². The molecule has 102 valence electrons. The predicted octanol–water partition coefficient (Wildman–Crippen LogP) is 4.35. The van der Waals surface area contributed by atoms with Gasteiger partial charge >= 0.3 is 0 Å². The molecule has 0 saturated carbocycles. The van der Waals surface area contributed by atoms with Crippen molar-refractivity contribution < 1.29 is 14.2 Å². The number of benzene rings is 3. The molecule has 0 radical (unpaired) electrons. The summed E-state index contributed by atoms with van der Waals surface area (Å²) in [6.45, 7) is 0. The first-order valence-corrected chi connectivity index (χ1v) is 6.26. The van der Waals surface area contributed by atoms with Gasteiger partial charge in [0.15, 0.2) is 0 Å². The van der Waals surface area contributed by atoms with Crippen molar-refractivity contribution in [3.8, 4) is 23.3 Å². The fraction of sp³-hybridized carbons (Fsp3) is 0. The summed E-state index contributed by atoms with van der Waals surface area (Å²) in [7, 11) is 0. The highest BCUT2D eigenvalue weighted by Crippen LogP contribution is 2.29. The molecular formula is C17H10FNO2. The van der Waals surface area contributed by atoms with E-state index in [4.69, 9.17) is 10.00 Å². The second kappa shape index (κ2) is 5.14. The molecule has 0 spiro atoms. The summed E-state index contributed by atoms with van der Waals surface area (Å²) in [5.74, 6) is 0.558. The number of nitrogens with zero attached hydrogens (tertiary/aromatic N) is 1. The summed E-state index contributed by atoms with van der Waals surface area (Å²) in [4.78, 5) is 0. The lowest BCUT2D eigenvalue weighted by atomic mass is 10.1. The molecule has 0 saturated heterocycles.